The van der Waals surface area contributed by atoms with E-state index >= 15 is 0 Å². The van der Waals surface area contributed by atoms with Gasteiger partial charge in [-0.25, -0.2) is 4.79 Å². The molecule has 1 aromatic carbocycles. The molecule has 2 rings (SSSR count). The van der Waals surface area contributed by atoms with Gasteiger partial charge in [-0.2, -0.15) is 0 Å². The summed E-state index contributed by atoms with van der Waals surface area (Å²) in [6.45, 7) is 5.43. The summed E-state index contributed by atoms with van der Waals surface area (Å²) in [5.74, 6) is -0.395. The average Bonchev–Trinajstić information content (AvgIpc) is 2.47. The predicted molar refractivity (Wildman–Crippen MR) is 73.0 cm³/mol. The Kier molecular flexibility index (Phi) is 4.39. The molecule has 1 unspecified atom stereocenters. The molecule has 0 amide bonds. The first-order valence-corrected chi connectivity index (χ1v) is 6.43. The Bertz CT molecular complexity index is 456. The third kappa shape index (κ3) is 3.05. The average molecular weight is 264 g/mol. The maximum atomic E-state index is 11.6. The highest BCUT2D eigenvalue weighted by Crippen LogP contribution is 2.25. The number of carbonyl (C=O) groups is 1. The van der Waals surface area contributed by atoms with Crippen LogP contribution in [0.4, 0.5) is 5.69 Å². The Labute approximate surface area is 113 Å². The first-order valence-electron chi connectivity index (χ1n) is 6.43. The second kappa shape index (κ2) is 6.04. The van der Waals surface area contributed by atoms with Gasteiger partial charge in [-0.05, 0) is 24.6 Å². The van der Waals surface area contributed by atoms with Crippen molar-refractivity contribution >= 4 is 11.7 Å². The molecule has 1 aliphatic rings. The van der Waals surface area contributed by atoms with E-state index in [9.17, 15) is 4.79 Å². The Balaban J connectivity index is 2.21. The molecule has 1 heterocycles. The van der Waals surface area contributed by atoms with Crippen molar-refractivity contribution in [3.8, 4) is 0 Å². The van der Waals surface area contributed by atoms with Crippen LogP contribution in [0.15, 0.2) is 18.2 Å². The molecule has 1 atom stereocenters. The van der Waals surface area contributed by atoms with Crippen molar-refractivity contribution in [1.29, 1.82) is 0 Å². The zero-order chi connectivity index (χ0) is 13.8. The number of hydrogen-bond acceptors (Lipinski definition) is 5. The molecule has 0 aromatic heterocycles. The largest absolute Gasteiger partial charge is 0.465 e. The highest BCUT2D eigenvalue weighted by molar-refractivity contribution is 5.95. The van der Waals surface area contributed by atoms with E-state index in [1.807, 2.05) is 12.1 Å². The summed E-state index contributed by atoms with van der Waals surface area (Å²) >= 11 is 0. The fourth-order valence-electron chi connectivity index (χ4n) is 2.30. The van der Waals surface area contributed by atoms with Gasteiger partial charge in [0.15, 0.2) is 0 Å². The number of rotatable bonds is 3. The van der Waals surface area contributed by atoms with E-state index in [-0.39, 0.29) is 6.04 Å². The first-order chi connectivity index (χ1) is 9.13. The van der Waals surface area contributed by atoms with Gasteiger partial charge in [0.05, 0.1) is 25.9 Å². The minimum Gasteiger partial charge on any atom is -0.465 e. The van der Waals surface area contributed by atoms with Crippen molar-refractivity contribution in [3.05, 3.63) is 29.3 Å². The number of hydrogen-bond donors (Lipinski definition) is 1. The second-order valence-electron chi connectivity index (χ2n) is 4.66. The topological polar surface area (TPSA) is 64.8 Å². The van der Waals surface area contributed by atoms with Gasteiger partial charge in [0.2, 0.25) is 0 Å². The lowest BCUT2D eigenvalue weighted by Crippen LogP contribution is -2.38. The predicted octanol–water partition coefficient (Wildman–Crippen LogP) is 1.45. The van der Waals surface area contributed by atoms with Crippen molar-refractivity contribution in [2.45, 2.75) is 13.0 Å². The van der Waals surface area contributed by atoms with E-state index in [4.69, 9.17) is 15.2 Å². The molecule has 2 N–H and O–H groups in total. The highest BCUT2D eigenvalue weighted by atomic mass is 16.5. The Morgan fingerprint density at radius 1 is 1.42 bits per heavy atom. The van der Waals surface area contributed by atoms with Crippen molar-refractivity contribution < 1.29 is 14.3 Å². The van der Waals surface area contributed by atoms with Crippen LogP contribution >= 0.6 is 0 Å². The van der Waals surface area contributed by atoms with E-state index in [0.717, 1.165) is 31.9 Å². The van der Waals surface area contributed by atoms with Gasteiger partial charge >= 0.3 is 5.97 Å². The van der Waals surface area contributed by atoms with Crippen molar-refractivity contribution in [3.63, 3.8) is 0 Å². The van der Waals surface area contributed by atoms with Crippen molar-refractivity contribution in [2.24, 2.45) is 0 Å². The molecule has 5 nitrogen and oxygen atoms in total. The molecule has 1 saturated heterocycles. The molecular weight excluding hydrogens is 244 g/mol. The first kappa shape index (κ1) is 13.8. The van der Waals surface area contributed by atoms with E-state index in [2.05, 4.69) is 11.8 Å². The number of morpholine rings is 1. The lowest BCUT2D eigenvalue weighted by molar-refractivity contribution is 0.0198. The summed E-state index contributed by atoms with van der Waals surface area (Å²) < 4.78 is 10.1. The maximum absolute atomic E-state index is 11.6. The van der Waals surface area contributed by atoms with Crippen LogP contribution in [-0.4, -0.2) is 44.3 Å². The molecule has 0 bridgehead atoms. The van der Waals surface area contributed by atoms with Crippen LogP contribution in [0.2, 0.25) is 0 Å². The molecule has 0 radical (unpaired) electrons. The summed E-state index contributed by atoms with van der Waals surface area (Å²) in [6.07, 6.45) is 0. The van der Waals surface area contributed by atoms with Crippen LogP contribution < -0.4 is 5.73 Å². The quantitative estimate of drug-likeness (QED) is 0.661. The lowest BCUT2D eigenvalue weighted by atomic mass is 10.0. The van der Waals surface area contributed by atoms with Crippen LogP contribution in [0.3, 0.4) is 0 Å². The Hall–Kier alpha value is -1.59. The lowest BCUT2D eigenvalue weighted by Gasteiger charge is -2.32. The second-order valence-corrected chi connectivity index (χ2v) is 4.66. The van der Waals surface area contributed by atoms with Crippen LogP contribution in [0.25, 0.3) is 0 Å². The van der Waals surface area contributed by atoms with Crippen LogP contribution in [0.5, 0.6) is 0 Å². The maximum Gasteiger partial charge on any atom is 0.339 e. The van der Waals surface area contributed by atoms with E-state index in [1.165, 1.54) is 7.11 Å². The van der Waals surface area contributed by atoms with Gasteiger partial charge < -0.3 is 15.2 Å². The zero-order valence-corrected chi connectivity index (χ0v) is 11.4. The fraction of sp³-hybridized carbons (Fsp3) is 0.500. The fourth-order valence-corrected chi connectivity index (χ4v) is 2.30. The monoisotopic (exact) mass is 264 g/mol. The summed E-state index contributed by atoms with van der Waals surface area (Å²) in [4.78, 5) is 14.0. The number of nitrogens with two attached hydrogens (primary N) is 1. The van der Waals surface area contributed by atoms with Gasteiger partial charge in [0.1, 0.15) is 0 Å². The van der Waals surface area contributed by atoms with E-state index < -0.39 is 5.97 Å². The molecule has 5 heteroatoms. The minimum absolute atomic E-state index is 0.230. The van der Waals surface area contributed by atoms with Crippen molar-refractivity contribution in [2.75, 3.05) is 39.1 Å². The number of ether oxygens (including phenoxy) is 2. The number of nitrogens with zero attached hydrogens (tertiary/aromatic N) is 1. The van der Waals surface area contributed by atoms with Gasteiger partial charge in [-0.3, -0.25) is 4.90 Å². The molecule has 1 aromatic rings. The molecule has 0 aliphatic carbocycles. The summed E-state index contributed by atoms with van der Waals surface area (Å²) in [6, 6.07) is 5.77. The number of methoxy groups -OCH3 is 1. The molecule has 104 valence electrons. The summed E-state index contributed by atoms with van der Waals surface area (Å²) in [7, 11) is 1.36. The van der Waals surface area contributed by atoms with Gasteiger partial charge in [-0.15, -0.1) is 0 Å². The number of benzene rings is 1. The normalized spacial score (nSPS) is 18.0. The van der Waals surface area contributed by atoms with Crippen LogP contribution in [0.1, 0.15) is 28.9 Å². The molecule has 0 saturated carbocycles. The molecule has 1 aliphatic heterocycles. The number of esters is 1. The van der Waals surface area contributed by atoms with Gasteiger partial charge in [-0.1, -0.05) is 6.07 Å². The smallest absolute Gasteiger partial charge is 0.339 e. The van der Waals surface area contributed by atoms with Crippen molar-refractivity contribution in [1.82, 2.24) is 4.90 Å². The molecule has 0 spiro atoms. The third-order valence-corrected chi connectivity index (χ3v) is 3.56. The number of anilines is 1. The molecule has 19 heavy (non-hydrogen) atoms. The number of nitrogen functional groups attached to an aromatic ring is 1. The standard InChI is InChI=1S/C14H20N2O3/c1-10(16-5-7-19-8-6-16)11-3-4-13(15)12(9-11)14(17)18-2/h3-4,9-10H,5-8,15H2,1-2H3. The zero-order valence-electron chi connectivity index (χ0n) is 11.4. The SMILES string of the molecule is COC(=O)c1cc(C(C)N2CCOCC2)ccc1N. The molecular formula is C14H20N2O3. The summed E-state index contributed by atoms with van der Waals surface area (Å²) in [5.41, 5.74) is 7.76. The Morgan fingerprint density at radius 3 is 2.74 bits per heavy atom. The molecule has 1 fully saturated rings. The minimum atomic E-state index is -0.395. The summed E-state index contributed by atoms with van der Waals surface area (Å²) in [5, 5.41) is 0. The number of carbonyl (C=O) groups excluding carboxylic acids is 1. The van der Waals surface area contributed by atoms with E-state index in [1.54, 1.807) is 6.07 Å². The van der Waals surface area contributed by atoms with Crippen LogP contribution in [-0.2, 0) is 9.47 Å². The van der Waals surface area contributed by atoms with Gasteiger partial charge in [0, 0.05) is 24.8 Å². The Morgan fingerprint density at radius 2 is 2.11 bits per heavy atom. The van der Waals surface area contributed by atoms with Gasteiger partial charge in [0.25, 0.3) is 0 Å². The highest BCUT2D eigenvalue weighted by Gasteiger charge is 2.20. The third-order valence-electron chi connectivity index (χ3n) is 3.56. The van der Waals surface area contributed by atoms with Crippen LogP contribution in [0, 0.1) is 0 Å². The van der Waals surface area contributed by atoms with E-state index in [0.29, 0.717) is 11.3 Å².